The Bertz CT molecular complexity index is 1490. The SMILES string of the molecule is O=P(Oc1ccccc1)(Oc1ccc(-c2cssc2=S)cc1)Oc1ccc(-c2cssc2=S)cc1. The summed E-state index contributed by atoms with van der Waals surface area (Å²) >= 11 is 10.8. The third kappa shape index (κ3) is 5.98. The van der Waals surface area contributed by atoms with Gasteiger partial charge in [-0.05, 0) is 47.5 Å². The topological polar surface area (TPSA) is 44.8 Å². The van der Waals surface area contributed by atoms with Gasteiger partial charge < -0.3 is 13.6 Å². The quantitative estimate of drug-likeness (QED) is 0.102. The number of hydrogen-bond donors (Lipinski definition) is 0. The minimum absolute atomic E-state index is 0.352. The van der Waals surface area contributed by atoms with Crippen molar-refractivity contribution in [1.82, 2.24) is 0 Å². The van der Waals surface area contributed by atoms with Crippen molar-refractivity contribution in [2.45, 2.75) is 0 Å². The average Bonchev–Trinajstić information content (AvgIpc) is 3.48. The summed E-state index contributed by atoms with van der Waals surface area (Å²) in [4.78, 5) is 0. The zero-order chi connectivity index (χ0) is 24.3. The van der Waals surface area contributed by atoms with Gasteiger partial charge >= 0.3 is 7.82 Å². The molecule has 4 nitrogen and oxygen atoms in total. The van der Waals surface area contributed by atoms with Crippen molar-refractivity contribution in [3.63, 3.8) is 0 Å². The molecule has 5 aromatic rings. The summed E-state index contributed by atoms with van der Waals surface area (Å²) in [6.45, 7) is 0. The lowest BCUT2D eigenvalue weighted by atomic mass is 10.1. The Hall–Kier alpha value is -2.17. The lowest BCUT2D eigenvalue weighted by molar-refractivity contribution is 0.298. The van der Waals surface area contributed by atoms with Crippen LogP contribution in [0.4, 0.5) is 0 Å². The van der Waals surface area contributed by atoms with Gasteiger partial charge in [-0.3, -0.25) is 0 Å². The zero-order valence-corrected chi connectivity index (χ0v) is 23.5. The summed E-state index contributed by atoms with van der Waals surface area (Å²) in [5, 5.41) is 4.04. The average molecular weight is 591 g/mol. The minimum Gasteiger partial charge on any atom is -0.386 e. The second-order valence-electron chi connectivity index (χ2n) is 7.08. The van der Waals surface area contributed by atoms with Crippen LogP contribution in [0.15, 0.2) is 89.6 Å². The normalized spacial score (nSPS) is 11.2. The molecule has 5 rings (SSSR count). The maximum absolute atomic E-state index is 13.8. The number of phosphoric acid groups is 1. The predicted molar refractivity (Wildman–Crippen MR) is 153 cm³/mol. The molecule has 3 aromatic carbocycles. The van der Waals surface area contributed by atoms with E-state index in [9.17, 15) is 4.57 Å². The maximum Gasteiger partial charge on any atom is 0.647 e. The molecule has 0 saturated carbocycles. The largest absolute Gasteiger partial charge is 0.647 e. The standard InChI is InChI=1S/C24H15O4PS6/c25-29(26-18-4-2-1-3-5-18,27-19-10-6-16(7-11-19)21-14-32-34-23(21)30)28-20-12-8-17(9-13-20)22-15-33-35-24(22)31/h1-15H. The van der Waals surface area contributed by atoms with Crippen LogP contribution in [-0.2, 0) is 4.57 Å². The molecule has 0 bridgehead atoms. The van der Waals surface area contributed by atoms with E-state index in [4.69, 9.17) is 38.0 Å². The van der Waals surface area contributed by atoms with Gasteiger partial charge in [0.25, 0.3) is 0 Å². The highest BCUT2D eigenvalue weighted by molar-refractivity contribution is 7.80. The molecule has 0 spiro atoms. The van der Waals surface area contributed by atoms with Crippen LogP contribution in [0.5, 0.6) is 17.2 Å². The third-order valence-electron chi connectivity index (χ3n) is 4.74. The lowest BCUT2D eigenvalue weighted by Crippen LogP contribution is -2.07. The van der Waals surface area contributed by atoms with Crippen LogP contribution in [0.3, 0.4) is 0 Å². The Kier molecular flexibility index (Phi) is 7.59. The van der Waals surface area contributed by atoms with Crippen molar-refractivity contribution in [3.8, 4) is 39.5 Å². The molecule has 0 fully saturated rings. The van der Waals surface area contributed by atoms with E-state index in [0.717, 1.165) is 29.9 Å². The Morgan fingerprint density at radius 1 is 0.571 bits per heavy atom. The minimum atomic E-state index is -4.09. The summed E-state index contributed by atoms with van der Waals surface area (Å²) < 4.78 is 32.8. The van der Waals surface area contributed by atoms with Gasteiger partial charge in [0.2, 0.25) is 0 Å². The first-order valence-electron chi connectivity index (χ1n) is 10.1. The molecule has 0 saturated heterocycles. The number of phosphoric ester groups is 1. The van der Waals surface area contributed by atoms with E-state index < -0.39 is 7.82 Å². The molecule has 0 amide bonds. The smallest absolute Gasteiger partial charge is 0.386 e. The predicted octanol–water partition coefficient (Wildman–Crippen LogP) is 10.4. The molecule has 35 heavy (non-hydrogen) atoms. The molecule has 0 atom stereocenters. The zero-order valence-electron chi connectivity index (χ0n) is 17.7. The number of benzene rings is 3. The highest BCUT2D eigenvalue weighted by Crippen LogP contribution is 2.50. The first kappa shape index (κ1) is 24.5. The summed E-state index contributed by atoms with van der Waals surface area (Å²) in [6.07, 6.45) is 0. The molecule has 2 heterocycles. The molecule has 0 aliphatic rings. The van der Waals surface area contributed by atoms with Crippen molar-refractivity contribution in [1.29, 1.82) is 0 Å². The van der Waals surface area contributed by atoms with E-state index in [0.29, 0.717) is 17.2 Å². The van der Waals surface area contributed by atoms with Crippen molar-refractivity contribution in [2.24, 2.45) is 0 Å². The van der Waals surface area contributed by atoms with E-state index in [1.54, 1.807) is 89.9 Å². The van der Waals surface area contributed by atoms with Crippen LogP contribution in [0.25, 0.3) is 22.3 Å². The van der Waals surface area contributed by atoms with Crippen LogP contribution >= 0.6 is 73.6 Å². The van der Waals surface area contributed by atoms with Crippen molar-refractivity contribution in [2.75, 3.05) is 0 Å². The fourth-order valence-corrected chi connectivity index (χ4v) is 9.15. The monoisotopic (exact) mass is 590 g/mol. The second kappa shape index (κ2) is 10.8. The first-order chi connectivity index (χ1) is 17.0. The summed E-state index contributed by atoms with van der Waals surface area (Å²) in [5.41, 5.74) is 3.92. The summed E-state index contributed by atoms with van der Waals surface area (Å²) in [5.74, 6) is 1.07. The van der Waals surface area contributed by atoms with Gasteiger partial charge in [-0.1, -0.05) is 108 Å². The van der Waals surface area contributed by atoms with Crippen LogP contribution in [0.1, 0.15) is 0 Å². The Morgan fingerprint density at radius 2 is 0.971 bits per heavy atom. The second-order valence-corrected chi connectivity index (χ2v) is 14.0. The van der Waals surface area contributed by atoms with E-state index >= 15 is 0 Å². The molecule has 0 unspecified atom stereocenters. The van der Waals surface area contributed by atoms with Gasteiger partial charge in [0.1, 0.15) is 24.9 Å². The highest BCUT2D eigenvalue weighted by atomic mass is 32.9. The van der Waals surface area contributed by atoms with E-state index in [1.807, 2.05) is 41.1 Å². The van der Waals surface area contributed by atoms with Gasteiger partial charge in [-0.2, -0.15) is 4.57 Å². The molecule has 0 radical (unpaired) electrons. The molecular formula is C24H15O4PS6. The third-order valence-corrected chi connectivity index (χ3v) is 11.4. The highest BCUT2D eigenvalue weighted by Gasteiger charge is 2.33. The Morgan fingerprint density at radius 3 is 1.34 bits per heavy atom. The molecule has 0 aliphatic carbocycles. The molecule has 0 aliphatic heterocycles. The summed E-state index contributed by atoms with van der Waals surface area (Å²) in [7, 11) is 2.21. The number of rotatable bonds is 8. The number of para-hydroxylation sites is 1. The fourth-order valence-electron chi connectivity index (χ4n) is 3.10. The van der Waals surface area contributed by atoms with Gasteiger partial charge in [0.05, 0.1) is 0 Å². The number of hydrogen-bond acceptors (Lipinski definition) is 10. The summed E-state index contributed by atoms with van der Waals surface area (Å²) in [6, 6.07) is 23.2. The van der Waals surface area contributed by atoms with Gasteiger partial charge in [0, 0.05) is 21.9 Å². The van der Waals surface area contributed by atoms with Crippen molar-refractivity contribution >= 4 is 73.6 Å². The fraction of sp³-hybridized carbons (Fsp3) is 0. The lowest BCUT2D eigenvalue weighted by Gasteiger charge is -2.19. The molecule has 2 aromatic heterocycles. The van der Waals surface area contributed by atoms with Crippen molar-refractivity contribution in [3.05, 3.63) is 97.3 Å². The van der Waals surface area contributed by atoms with E-state index in [1.165, 1.54) is 0 Å². The van der Waals surface area contributed by atoms with Gasteiger partial charge in [-0.15, -0.1) is 0 Å². The van der Waals surface area contributed by atoms with Gasteiger partial charge in [0.15, 0.2) is 0 Å². The van der Waals surface area contributed by atoms with E-state index in [-0.39, 0.29) is 0 Å². The van der Waals surface area contributed by atoms with Crippen LogP contribution in [0, 0.1) is 7.65 Å². The van der Waals surface area contributed by atoms with Crippen LogP contribution < -0.4 is 13.6 Å². The van der Waals surface area contributed by atoms with Crippen molar-refractivity contribution < 1.29 is 18.1 Å². The van der Waals surface area contributed by atoms with Crippen LogP contribution in [-0.4, -0.2) is 0 Å². The Labute approximate surface area is 227 Å². The van der Waals surface area contributed by atoms with Gasteiger partial charge in [-0.25, -0.2) is 0 Å². The Balaban J connectivity index is 1.41. The first-order valence-corrected chi connectivity index (χ1v) is 16.8. The molecular weight excluding hydrogens is 576 g/mol. The molecule has 0 N–H and O–H groups in total. The van der Waals surface area contributed by atoms with Crippen LogP contribution in [0.2, 0.25) is 0 Å². The molecule has 11 heteroatoms. The molecule has 176 valence electrons. The van der Waals surface area contributed by atoms with E-state index in [2.05, 4.69) is 0 Å². The maximum atomic E-state index is 13.8.